The third-order valence-electron chi connectivity index (χ3n) is 5.47. The molecule has 0 atom stereocenters. The van der Waals surface area contributed by atoms with Crippen LogP contribution in [0.4, 0.5) is 11.5 Å². The first-order chi connectivity index (χ1) is 16.9. The number of pyridine rings is 1. The lowest BCUT2D eigenvalue weighted by molar-refractivity contribution is -0.385. The van der Waals surface area contributed by atoms with E-state index in [4.69, 9.17) is 0 Å². The first-order valence-electron chi connectivity index (χ1n) is 10.8. The molecule has 0 unspecified atom stereocenters. The molecule has 3 aromatic rings. The van der Waals surface area contributed by atoms with Crippen molar-refractivity contribution >= 4 is 29.2 Å². The maximum absolute atomic E-state index is 12.6. The van der Waals surface area contributed by atoms with Gasteiger partial charge in [-0.2, -0.15) is 15.0 Å². The number of unbranched alkanes of at least 4 members (excludes halogenated alkanes) is 2. The predicted molar refractivity (Wildman–Crippen MR) is 122 cm³/mol. The van der Waals surface area contributed by atoms with Gasteiger partial charge in [0.05, 0.1) is 16.7 Å². The number of fused-ring (bicyclic) bond motifs is 1. The number of nitro groups is 1. The number of anilines is 1. The van der Waals surface area contributed by atoms with Gasteiger partial charge in [-0.3, -0.25) is 29.4 Å². The van der Waals surface area contributed by atoms with Crippen LogP contribution in [0.3, 0.4) is 0 Å². The maximum atomic E-state index is 12.6. The maximum Gasteiger partial charge on any atom is 0.282 e. The summed E-state index contributed by atoms with van der Waals surface area (Å²) < 4.78 is 1.37. The highest BCUT2D eigenvalue weighted by Crippen LogP contribution is 2.31. The zero-order valence-corrected chi connectivity index (χ0v) is 18.4. The molecule has 3 heterocycles. The van der Waals surface area contributed by atoms with Gasteiger partial charge in [-0.1, -0.05) is 18.6 Å². The van der Waals surface area contributed by atoms with Gasteiger partial charge in [0.2, 0.25) is 5.91 Å². The van der Waals surface area contributed by atoms with E-state index in [9.17, 15) is 29.8 Å². The van der Waals surface area contributed by atoms with E-state index in [0.29, 0.717) is 25.1 Å². The summed E-state index contributed by atoms with van der Waals surface area (Å²) in [6.07, 6.45) is 4.49. The second-order valence-corrected chi connectivity index (χ2v) is 7.70. The monoisotopic (exact) mass is 473 g/mol. The number of carbonyl (C=O) groups excluding carboxylic acids is 3. The zero-order valence-electron chi connectivity index (χ0n) is 18.4. The minimum atomic E-state index is -0.679. The van der Waals surface area contributed by atoms with Crippen molar-refractivity contribution in [2.24, 2.45) is 0 Å². The lowest BCUT2D eigenvalue weighted by atomic mass is 10.1. The Morgan fingerprint density at radius 2 is 1.94 bits per heavy atom. The van der Waals surface area contributed by atoms with Crippen LogP contribution in [0.2, 0.25) is 0 Å². The number of nitrogens with one attached hydrogen (secondary N) is 1. The molecule has 12 nitrogen and oxygen atoms in total. The number of hydrogen-bond donors (Lipinski definition) is 1. The highest BCUT2D eigenvalue weighted by atomic mass is 16.6. The molecule has 12 heteroatoms. The minimum absolute atomic E-state index is 0.0291. The van der Waals surface area contributed by atoms with E-state index < -0.39 is 16.7 Å². The van der Waals surface area contributed by atoms with E-state index >= 15 is 0 Å². The third-order valence-corrected chi connectivity index (χ3v) is 5.47. The Labute approximate surface area is 198 Å². The number of nitriles is 1. The summed E-state index contributed by atoms with van der Waals surface area (Å²) in [5.74, 6) is -0.884. The zero-order chi connectivity index (χ0) is 24.9. The molecule has 3 amide bonds. The van der Waals surface area contributed by atoms with Crippen molar-refractivity contribution in [3.8, 4) is 11.9 Å². The molecule has 0 fully saturated rings. The fourth-order valence-corrected chi connectivity index (χ4v) is 3.80. The third kappa shape index (κ3) is 4.60. The lowest BCUT2D eigenvalue weighted by Crippen LogP contribution is -2.30. The van der Waals surface area contributed by atoms with Gasteiger partial charge in [0.25, 0.3) is 17.5 Å². The van der Waals surface area contributed by atoms with E-state index in [1.165, 1.54) is 29.1 Å². The normalized spacial score (nSPS) is 12.4. The summed E-state index contributed by atoms with van der Waals surface area (Å²) >= 11 is 0. The molecule has 2 aromatic heterocycles. The number of rotatable bonds is 9. The van der Waals surface area contributed by atoms with Crippen molar-refractivity contribution < 1.29 is 19.3 Å². The topological polar surface area (TPSA) is 164 Å². The average molecular weight is 473 g/mol. The number of nitrogens with zero attached hydrogens (tertiary/aromatic N) is 6. The van der Waals surface area contributed by atoms with Crippen molar-refractivity contribution in [1.29, 1.82) is 5.26 Å². The van der Waals surface area contributed by atoms with Crippen LogP contribution in [-0.2, 0) is 4.79 Å². The fraction of sp³-hybridized carbons (Fsp3) is 0.217. The van der Waals surface area contributed by atoms with Gasteiger partial charge in [0, 0.05) is 25.2 Å². The molecular weight excluding hydrogens is 454 g/mol. The Morgan fingerprint density at radius 1 is 1.11 bits per heavy atom. The van der Waals surface area contributed by atoms with Crippen molar-refractivity contribution in [3.05, 3.63) is 75.6 Å². The lowest BCUT2D eigenvalue weighted by Gasteiger charge is -2.13. The molecule has 35 heavy (non-hydrogen) atoms. The van der Waals surface area contributed by atoms with Crippen molar-refractivity contribution in [3.63, 3.8) is 0 Å². The van der Waals surface area contributed by atoms with Crippen LogP contribution in [-0.4, -0.2) is 48.9 Å². The molecule has 0 radical (unpaired) electrons. The highest BCUT2D eigenvalue weighted by molar-refractivity contribution is 6.23. The Balaban J connectivity index is 1.30. The number of nitro benzene ring substituents is 1. The number of imide groups is 1. The molecular formula is C23H19N7O5. The van der Waals surface area contributed by atoms with E-state index in [-0.39, 0.29) is 47.1 Å². The van der Waals surface area contributed by atoms with Crippen LogP contribution in [0.1, 0.15) is 52.0 Å². The van der Waals surface area contributed by atoms with Gasteiger partial charge in [0.1, 0.15) is 17.2 Å². The van der Waals surface area contributed by atoms with E-state index in [1.54, 1.807) is 24.4 Å². The SMILES string of the molecule is N#Cc1cnn(-c2ccccn2)c1NC(=O)CCCCCN1C(=O)c2cccc([N+](=O)[O-])c2C1=O. The molecule has 0 spiro atoms. The van der Waals surface area contributed by atoms with Crippen LogP contribution >= 0.6 is 0 Å². The summed E-state index contributed by atoms with van der Waals surface area (Å²) in [5, 5.41) is 27.3. The molecule has 0 aliphatic carbocycles. The largest absolute Gasteiger partial charge is 0.309 e. The Kier molecular flexibility index (Phi) is 6.59. The molecule has 1 aromatic carbocycles. The van der Waals surface area contributed by atoms with Crippen LogP contribution < -0.4 is 5.32 Å². The first kappa shape index (κ1) is 23.2. The Morgan fingerprint density at radius 3 is 2.66 bits per heavy atom. The molecule has 1 N–H and O–H groups in total. The predicted octanol–water partition coefficient (Wildman–Crippen LogP) is 2.84. The molecule has 176 valence electrons. The molecule has 0 bridgehead atoms. The van der Waals surface area contributed by atoms with E-state index in [1.807, 2.05) is 6.07 Å². The molecule has 1 aliphatic rings. The Hall–Kier alpha value is -4.92. The van der Waals surface area contributed by atoms with Crippen molar-refractivity contribution in [2.45, 2.75) is 25.7 Å². The molecule has 4 rings (SSSR count). The van der Waals surface area contributed by atoms with Crippen molar-refractivity contribution in [1.82, 2.24) is 19.7 Å². The summed E-state index contributed by atoms with van der Waals surface area (Å²) in [4.78, 5) is 53.3. The van der Waals surface area contributed by atoms with Gasteiger partial charge in [-0.05, 0) is 31.0 Å². The highest BCUT2D eigenvalue weighted by Gasteiger charge is 2.40. The van der Waals surface area contributed by atoms with Gasteiger partial charge < -0.3 is 5.32 Å². The summed E-state index contributed by atoms with van der Waals surface area (Å²) in [5.41, 5.74) is -0.341. The molecule has 1 aliphatic heterocycles. The average Bonchev–Trinajstić information content (AvgIpc) is 3.37. The van der Waals surface area contributed by atoms with Crippen LogP contribution in [0.15, 0.2) is 48.8 Å². The summed E-state index contributed by atoms with van der Waals surface area (Å²) in [7, 11) is 0. The van der Waals surface area contributed by atoms with E-state index in [2.05, 4.69) is 15.4 Å². The standard InChI is InChI=1S/C23H19N7O5/c24-13-15-14-26-29(18-9-3-4-11-25-18)21(15)27-19(31)10-2-1-5-12-28-22(32)16-7-6-8-17(30(34)35)20(16)23(28)33/h3-4,6-9,11,14H,1-2,5,10,12H2,(H,27,31). The number of aromatic nitrogens is 3. The second kappa shape index (κ2) is 9.92. The number of hydrogen-bond acceptors (Lipinski definition) is 8. The fourth-order valence-electron chi connectivity index (χ4n) is 3.80. The quantitative estimate of drug-likeness (QED) is 0.214. The number of amides is 3. The van der Waals surface area contributed by atoms with Gasteiger partial charge in [0.15, 0.2) is 11.6 Å². The minimum Gasteiger partial charge on any atom is -0.309 e. The smallest absolute Gasteiger partial charge is 0.282 e. The molecule has 0 saturated heterocycles. The van der Waals surface area contributed by atoms with Crippen LogP contribution in [0, 0.1) is 21.4 Å². The summed E-state index contributed by atoms with van der Waals surface area (Å²) in [6.45, 7) is 0.0934. The van der Waals surface area contributed by atoms with Crippen LogP contribution in [0.25, 0.3) is 5.82 Å². The summed E-state index contributed by atoms with van der Waals surface area (Å²) in [6, 6.07) is 11.1. The van der Waals surface area contributed by atoms with E-state index in [0.717, 1.165) is 4.90 Å². The van der Waals surface area contributed by atoms with Crippen LogP contribution in [0.5, 0.6) is 0 Å². The van der Waals surface area contributed by atoms with Gasteiger partial charge >= 0.3 is 0 Å². The number of carbonyl (C=O) groups is 3. The van der Waals surface area contributed by atoms with Gasteiger partial charge in [-0.25, -0.2) is 4.98 Å². The second-order valence-electron chi connectivity index (χ2n) is 7.70. The van der Waals surface area contributed by atoms with Crippen molar-refractivity contribution in [2.75, 3.05) is 11.9 Å². The Bertz CT molecular complexity index is 1360. The number of benzene rings is 1. The first-order valence-corrected chi connectivity index (χ1v) is 10.8. The molecule has 0 saturated carbocycles. The van der Waals surface area contributed by atoms with Gasteiger partial charge in [-0.15, -0.1) is 0 Å².